The Balaban J connectivity index is 1.35. The summed E-state index contributed by atoms with van der Waals surface area (Å²) < 4.78 is 24.2. The number of nitrogens with one attached hydrogen (secondary N) is 2. The fraction of sp³-hybridized carbons (Fsp3) is 0.308. The normalized spacial score (nSPS) is 17.9. The first-order valence-corrected chi connectivity index (χ1v) is 11.0. The number of hydrogen-bond acceptors (Lipinski definition) is 5. The Bertz CT molecular complexity index is 1100. The number of amides is 1. The quantitative estimate of drug-likeness (QED) is 0.571. The summed E-state index contributed by atoms with van der Waals surface area (Å²) in [5.41, 5.74) is 2.95. The lowest BCUT2D eigenvalue weighted by atomic mass is 9.94. The van der Waals surface area contributed by atoms with Crippen molar-refractivity contribution < 1.29 is 18.7 Å². The largest absolute Gasteiger partial charge is 0.493 e. The molecule has 2 aromatic carbocycles. The van der Waals surface area contributed by atoms with Gasteiger partial charge in [0.2, 0.25) is 0 Å². The first kappa shape index (κ1) is 22.7. The van der Waals surface area contributed by atoms with Crippen molar-refractivity contribution in [3.63, 3.8) is 0 Å². The summed E-state index contributed by atoms with van der Waals surface area (Å²) in [7, 11) is 3.25. The van der Waals surface area contributed by atoms with Crippen molar-refractivity contribution in [3.05, 3.63) is 77.7 Å². The third kappa shape index (κ3) is 5.68. The fourth-order valence-corrected chi connectivity index (χ4v) is 4.20. The van der Waals surface area contributed by atoms with Gasteiger partial charge in [0.1, 0.15) is 5.82 Å². The monoisotopic (exact) mass is 449 g/mol. The second-order valence-corrected chi connectivity index (χ2v) is 8.18. The number of nitrogens with zero attached hydrogens (tertiary/aromatic N) is 1. The second kappa shape index (κ2) is 10.4. The average Bonchev–Trinajstić information content (AvgIpc) is 2.84. The number of methoxy groups -OCH3 is 2. The third-order valence-electron chi connectivity index (χ3n) is 5.91. The summed E-state index contributed by atoms with van der Waals surface area (Å²) in [5, 5.41) is 6.68. The molecule has 1 saturated heterocycles. The van der Waals surface area contributed by atoms with Crippen molar-refractivity contribution in [1.29, 1.82) is 0 Å². The Morgan fingerprint density at radius 3 is 2.70 bits per heavy atom. The van der Waals surface area contributed by atoms with E-state index < -0.39 is 0 Å². The van der Waals surface area contributed by atoms with E-state index in [2.05, 4.69) is 15.6 Å². The van der Waals surface area contributed by atoms with E-state index in [9.17, 15) is 9.18 Å². The SMILES string of the molecule is COc1ccc(CC2CC(NC(=O)c3ccc(-c4cccc(F)c4)nc3)CCN2)cc1OC. The molecule has 172 valence electrons. The van der Waals surface area contributed by atoms with Gasteiger partial charge in [-0.2, -0.15) is 0 Å². The van der Waals surface area contributed by atoms with Gasteiger partial charge in [-0.15, -0.1) is 0 Å². The lowest BCUT2D eigenvalue weighted by Crippen LogP contribution is -2.48. The van der Waals surface area contributed by atoms with Gasteiger partial charge in [-0.05, 0) is 67.8 Å². The van der Waals surface area contributed by atoms with Crippen LogP contribution in [0.3, 0.4) is 0 Å². The molecule has 1 aromatic heterocycles. The third-order valence-corrected chi connectivity index (χ3v) is 5.91. The van der Waals surface area contributed by atoms with Crippen molar-refractivity contribution in [3.8, 4) is 22.8 Å². The molecule has 0 saturated carbocycles. The predicted octanol–water partition coefficient (Wildman–Crippen LogP) is 4.00. The molecule has 3 aromatic rings. The molecule has 0 radical (unpaired) electrons. The van der Waals surface area contributed by atoms with Crippen molar-refractivity contribution in [2.24, 2.45) is 0 Å². The van der Waals surface area contributed by atoms with Crippen molar-refractivity contribution in [1.82, 2.24) is 15.6 Å². The van der Waals surface area contributed by atoms with Gasteiger partial charge in [-0.3, -0.25) is 9.78 Å². The van der Waals surface area contributed by atoms with Gasteiger partial charge in [0.25, 0.3) is 5.91 Å². The summed E-state index contributed by atoms with van der Waals surface area (Å²) in [6, 6.07) is 16.0. The van der Waals surface area contributed by atoms with Gasteiger partial charge in [0.15, 0.2) is 11.5 Å². The van der Waals surface area contributed by atoms with Crippen LogP contribution in [0.25, 0.3) is 11.3 Å². The maximum atomic E-state index is 13.5. The molecule has 4 rings (SSSR count). The zero-order chi connectivity index (χ0) is 23.2. The molecular weight excluding hydrogens is 421 g/mol. The van der Waals surface area contributed by atoms with Crippen LogP contribution in [0.5, 0.6) is 11.5 Å². The molecule has 0 aliphatic carbocycles. The van der Waals surface area contributed by atoms with Crippen molar-refractivity contribution >= 4 is 5.91 Å². The van der Waals surface area contributed by atoms with Crippen molar-refractivity contribution in [2.45, 2.75) is 31.3 Å². The summed E-state index contributed by atoms with van der Waals surface area (Å²) in [4.78, 5) is 17.1. The Morgan fingerprint density at radius 2 is 1.97 bits per heavy atom. The minimum Gasteiger partial charge on any atom is -0.493 e. The number of rotatable bonds is 7. The molecule has 6 nitrogen and oxygen atoms in total. The number of piperidine rings is 1. The Morgan fingerprint density at radius 1 is 1.12 bits per heavy atom. The zero-order valence-electron chi connectivity index (χ0n) is 18.8. The highest BCUT2D eigenvalue weighted by atomic mass is 19.1. The molecule has 1 aliphatic rings. The molecule has 1 aliphatic heterocycles. The van der Waals surface area contributed by atoms with Gasteiger partial charge >= 0.3 is 0 Å². The highest BCUT2D eigenvalue weighted by molar-refractivity contribution is 5.94. The summed E-state index contributed by atoms with van der Waals surface area (Å²) >= 11 is 0. The molecule has 1 amide bonds. The van der Waals surface area contributed by atoms with Gasteiger partial charge in [-0.25, -0.2) is 4.39 Å². The Hall–Kier alpha value is -3.45. The summed E-state index contributed by atoms with van der Waals surface area (Å²) in [6.45, 7) is 0.833. The standard InChI is InChI=1S/C26H28FN3O3/c1-32-24-9-6-17(13-25(24)33-2)12-22-15-21(10-11-28-22)30-26(31)19-7-8-23(29-16-19)18-4-3-5-20(27)14-18/h3-9,13-14,16,21-22,28H,10-12,15H2,1-2H3,(H,30,31). The smallest absolute Gasteiger partial charge is 0.253 e. The minimum atomic E-state index is -0.315. The lowest BCUT2D eigenvalue weighted by molar-refractivity contribution is 0.0924. The van der Waals surface area contributed by atoms with Gasteiger partial charge < -0.3 is 20.1 Å². The molecule has 33 heavy (non-hydrogen) atoms. The van der Waals surface area contributed by atoms with Crippen LogP contribution < -0.4 is 20.1 Å². The first-order valence-electron chi connectivity index (χ1n) is 11.0. The number of halogens is 1. The average molecular weight is 450 g/mol. The van der Waals surface area contributed by atoms with Crippen molar-refractivity contribution in [2.75, 3.05) is 20.8 Å². The molecule has 0 bridgehead atoms. The number of carbonyl (C=O) groups excluding carboxylic acids is 1. The number of pyridine rings is 1. The number of carbonyl (C=O) groups is 1. The molecule has 0 spiro atoms. The van der Waals surface area contributed by atoms with E-state index in [1.54, 1.807) is 38.5 Å². The molecule has 2 heterocycles. The van der Waals surface area contributed by atoms with E-state index in [1.165, 1.54) is 18.3 Å². The van der Waals surface area contributed by atoms with Gasteiger partial charge in [0, 0.05) is 23.8 Å². The summed E-state index contributed by atoms with van der Waals surface area (Å²) in [6.07, 6.45) is 4.06. The van der Waals surface area contributed by atoms with Crippen LogP contribution in [0.1, 0.15) is 28.8 Å². The predicted molar refractivity (Wildman–Crippen MR) is 125 cm³/mol. The molecule has 1 fully saturated rings. The van der Waals surface area contributed by atoms with Crippen LogP contribution in [0, 0.1) is 5.82 Å². The second-order valence-electron chi connectivity index (χ2n) is 8.18. The lowest BCUT2D eigenvalue weighted by Gasteiger charge is -2.31. The topological polar surface area (TPSA) is 72.5 Å². The first-order chi connectivity index (χ1) is 16.1. The van der Waals surface area contributed by atoms with E-state index >= 15 is 0 Å². The van der Waals surface area contributed by atoms with Crippen LogP contribution in [-0.2, 0) is 6.42 Å². The number of hydrogen-bond donors (Lipinski definition) is 2. The van der Waals surface area contributed by atoms with Crippen LogP contribution in [0.4, 0.5) is 4.39 Å². The molecular formula is C26H28FN3O3. The minimum absolute atomic E-state index is 0.0757. The van der Waals surface area contributed by atoms with Crippen LogP contribution in [-0.4, -0.2) is 43.7 Å². The Kier molecular flexibility index (Phi) is 7.19. The maximum Gasteiger partial charge on any atom is 0.253 e. The van der Waals surface area contributed by atoms with E-state index in [0.717, 1.165) is 31.4 Å². The van der Waals surface area contributed by atoms with E-state index in [4.69, 9.17) is 9.47 Å². The molecule has 2 N–H and O–H groups in total. The van der Waals surface area contributed by atoms with E-state index in [1.807, 2.05) is 18.2 Å². The van der Waals surface area contributed by atoms with Gasteiger partial charge in [0.05, 0.1) is 25.5 Å². The van der Waals surface area contributed by atoms with E-state index in [-0.39, 0.29) is 23.8 Å². The fourth-order valence-electron chi connectivity index (χ4n) is 4.20. The number of ether oxygens (including phenoxy) is 2. The molecule has 2 unspecified atom stereocenters. The number of aromatic nitrogens is 1. The zero-order valence-corrected chi connectivity index (χ0v) is 18.8. The Labute approximate surface area is 193 Å². The molecule has 7 heteroatoms. The highest BCUT2D eigenvalue weighted by Gasteiger charge is 2.24. The molecule has 2 atom stereocenters. The number of benzene rings is 2. The van der Waals surface area contributed by atoms with Crippen LogP contribution >= 0.6 is 0 Å². The summed E-state index contributed by atoms with van der Waals surface area (Å²) in [5.74, 6) is 0.958. The van der Waals surface area contributed by atoms with E-state index in [0.29, 0.717) is 28.3 Å². The van der Waals surface area contributed by atoms with Crippen LogP contribution in [0.2, 0.25) is 0 Å². The maximum absolute atomic E-state index is 13.5. The van der Waals surface area contributed by atoms with Crippen LogP contribution in [0.15, 0.2) is 60.8 Å². The van der Waals surface area contributed by atoms with Gasteiger partial charge in [-0.1, -0.05) is 18.2 Å². The highest BCUT2D eigenvalue weighted by Crippen LogP contribution is 2.28.